The number of anilines is 1. The van der Waals surface area contributed by atoms with Crippen molar-refractivity contribution in [1.29, 1.82) is 0 Å². The number of nitrogens with zero attached hydrogens (tertiary/aromatic N) is 1. The van der Waals surface area contributed by atoms with E-state index in [1.54, 1.807) is 12.1 Å². The molecule has 0 aromatic heterocycles. The number of aliphatic imine (C=N–C) groups is 1. The number of nitrogens with one attached hydrogen (secondary N) is 1. The Morgan fingerprint density at radius 2 is 1.92 bits per heavy atom. The van der Waals surface area contributed by atoms with E-state index in [0.717, 1.165) is 17.9 Å². The first-order chi connectivity index (χ1) is 11.7. The van der Waals surface area contributed by atoms with Gasteiger partial charge in [0.15, 0.2) is 17.5 Å². The number of fused-ring (bicyclic) bond motifs is 1. The van der Waals surface area contributed by atoms with Gasteiger partial charge in [-0.05, 0) is 30.2 Å². The second-order valence-electron chi connectivity index (χ2n) is 5.45. The molecule has 24 heavy (non-hydrogen) atoms. The minimum Gasteiger partial charge on any atom is -0.490 e. The molecule has 1 aliphatic heterocycles. The molecule has 0 spiro atoms. The zero-order valence-electron chi connectivity index (χ0n) is 13.3. The Labute approximate surface area is 140 Å². The predicted octanol–water partition coefficient (Wildman–Crippen LogP) is 2.96. The van der Waals surface area contributed by atoms with E-state index in [2.05, 4.69) is 10.3 Å². The molecule has 0 bridgehead atoms. The monoisotopic (exact) mass is 329 g/mol. The van der Waals surface area contributed by atoms with Crippen LogP contribution in [0.1, 0.15) is 12.0 Å². The zero-order chi connectivity index (χ0) is 16.8. The van der Waals surface area contributed by atoms with Gasteiger partial charge in [-0.1, -0.05) is 18.2 Å². The van der Waals surface area contributed by atoms with Gasteiger partial charge in [-0.25, -0.2) is 4.39 Å². The van der Waals surface area contributed by atoms with Gasteiger partial charge in [-0.2, -0.15) is 0 Å². The maximum absolute atomic E-state index is 13.5. The fourth-order valence-corrected chi connectivity index (χ4v) is 2.43. The number of ether oxygens (including phenoxy) is 2. The molecule has 0 saturated carbocycles. The minimum absolute atomic E-state index is 0.220. The molecule has 2 aromatic carbocycles. The van der Waals surface area contributed by atoms with E-state index in [1.165, 1.54) is 6.07 Å². The maximum atomic E-state index is 13.5. The predicted molar refractivity (Wildman–Crippen MR) is 92.3 cm³/mol. The Bertz CT molecular complexity index is 734. The summed E-state index contributed by atoms with van der Waals surface area (Å²) in [7, 11) is 0. The molecule has 0 saturated heterocycles. The summed E-state index contributed by atoms with van der Waals surface area (Å²) >= 11 is 0. The molecule has 2 aromatic rings. The van der Waals surface area contributed by atoms with Crippen LogP contribution in [0.5, 0.6) is 11.5 Å². The molecule has 1 aliphatic rings. The first-order valence-electron chi connectivity index (χ1n) is 7.92. The highest BCUT2D eigenvalue weighted by molar-refractivity contribution is 5.92. The Morgan fingerprint density at radius 1 is 1.12 bits per heavy atom. The lowest BCUT2D eigenvalue weighted by atomic mass is 10.1. The van der Waals surface area contributed by atoms with Gasteiger partial charge in [0.25, 0.3) is 0 Å². The molecular formula is C18H20FN3O2. The van der Waals surface area contributed by atoms with Crippen LogP contribution in [-0.2, 0) is 6.42 Å². The maximum Gasteiger partial charge on any atom is 0.193 e. The van der Waals surface area contributed by atoms with Crippen molar-refractivity contribution in [2.75, 3.05) is 25.1 Å². The van der Waals surface area contributed by atoms with Crippen molar-refractivity contribution in [3.8, 4) is 11.5 Å². The molecular weight excluding hydrogens is 309 g/mol. The molecule has 0 amide bonds. The SMILES string of the molecule is NC(=NCCc1ccccc1F)Nc1ccc2c(c1)OCCCO2. The Balaban J connectivity index is 1.59. The van der Waals surface area contributed by atoms with Crippen LogP contribution in [0.3, 0.4) is 0 Å². The fourth-order valence-electron chi connectivity index (χ4n) is 2.43. The molecule has 0 atom stereocenters. The molecule has 0 aliphatic carbocycles. The average Bonchev–Trinajstić information content (AvgIpc) is 2.81. The number of nitrogens with two attached hydrogens (primary N) is 1. The van der Waals surface area contributed by atoms with Gasteiger partial charge < -0.3 is 20.5 Å². The van der Waals surface area contributed by atoms with Gasteiger partial charge in [0, 0.05) is 24.7 Å². The van der Waals surface area contributed by atoms with Gasteiger partial charge in [0.1, 0.15) is 5.82 Å². The zero-order valence-corrected chi connectivity index (χ0v) is 13.3. The molecule has 3 N–H and O–H groups in total. The summed E-state index contributed by atoms with van der Waals surface area (Å²) < 4.78 is 24.8. The van der Waals surface area contributed by atoms with Crippen LogP contribution in [0.25, 0.3) is 0 Å². The second kappa shape index (κ2) is 7.68. The van der Waals surface area contributed by atoms with Crippen LogP contribution in [0.4, 0.5) is 10.1 Å². The van der Waals surface area contributed by atoms with Crippen molar-refractivity contribution < 1.29 is 13.9 Å². The van der Waals surface area contributed by atoms with Crippen molar-refractivity contribution in [1.82, 2.24) is 0 Å². The lowest BCUT2D eigenvalue weighted by Crippen LogP contribution is -2.23. The van der Waals surface area contributed by atoms with Gasteiger partial charge >= 0.3 is 0 Å². The van der Waals surface area contributed by atoms with Gasteiger partial charge in [0.2, 0.25) is 0 Å². The van der Waals surface area contributed by atoms with E-state index in [9.17, 15) is 4.39 Å². The molecule has 126 valence electrons. The molecule has 3 rings (SSSR count). The van der Waals surface area contributed by atoms with E-state index >= 15 is 0 Å². The highest BCUT2D eigenvalue weighted by Gasteiger charge is 2.10. The minimum atomic E-state index is -0.220. The summed E-state index contributed by atoms with van der Waals surface area (Å²) in [6, 6.07) is 12.2. The number of guanidine groups is 1. The van der Waals surface area contributed by atoms with Crippen molar-refractivity contribution in [3.63, 3.8) is 0 Å². The Kier molecular flexibility index (Phi) is 5.15. The van der Waals surface area contributed by atoms with Crippen LogP contribution in [0.2, 0.25) is 0 Å². The molecule has 5 nitrogen and oxygen atoms in total. The van der Waals surface area contributed by atoms with Crippen LogP contribution in [0, 0.1) is 5.82 Å². The third-order valence-corrected chi connectivity index (χ3v) is 3.64. The van der Waals surface area contributed by atoms with Crippen LogP contribution in [0.15, 0.2) is 47.5 Å². The summed E-state index contributed by atoms with van der Waals surface area (Å²) in [5, 5.41) is 3.01. The number of halogens is 1. The highest BCUT2D eigenvalue weighted by Crippen LogP contribution is 2.32. The summed E-state index contributed by atoms with van der Waals surface area (Å²) in [6.07, 6.45) is 1.35. The van der Waals surface area contributed by atoms with Crippen LogP contribution in [-0.4, -0.2) is 25.7 Å². The van der Waals surface area contributed by atoms with Gasteiger partial charge in [-0.3, -0.25) is 4.99 Å². The molecule has 0 radical (unpaired) electrons. The summed E-state index contributed by atoms with van der Waals surface area (Å²) in [5.41, 5.74) is 7.29. The normalized spacial score (nSPS) is 14.1. The highest BCUT2D eigenvalue weighted by atomic mass is 19.1. The van der Waals surface area contributed by atoms with Gasteiger partial charge in [-0.15, -0.1) is 0 Å². The standard InChI is InChI=1S/C18H20FN3O2/c19-15-5-2-1-4-13(15)8-9-21-18(20)22-14-6-7-16-17(12-14)24-11-3-10-23-16/h1-2,4-7,12H,3,8-11H2,(H3,20,21,22). The fraction of sp³-hybridized carbons (Fsp3) is 0.278. The smallest absolute Gasteiger partial charge is 0.193 e. The quantitative estimate of drug-likeness (QED) is 0.668. The van der Waals surface area contributed by atoms with Crippen molar-refractivity contribution >= 4 is 11.6 Å². The molecule has 0 unspecified atom stereocenters. The van der Waals surface area contributed by atoms with Crippen molar-refractivity contribution in [3.05, 3.63) is 53.8 Å². The topological polar surface area (TPSA) is 68.9 Å². The van der Waals surface area contributed by atoms with Gasteiger partial charge in [0.05, 0.1) is 13.2 Å². The number of hydrogen-bond donors (Lipinski definition) is 2. The number of hydrogen-bond acceptors (Lipinski definition) is 3. The summed E-state index contributed by atoms with van der Waals surface area (Å²) in [4.78, 5) is 4.23. The third kappa shape index (κ3) is 4.16. The van der Waals surface area contributed by atoms with Crippen molar-refractivity contribution in [2.24, 2.45) is 10.7 Å². The first kappa shape index (κ1) is 16.1. The second-order valence-corrected chi connectivity index (χ2v) is 5.45. The average molecular weight is 329 g/mol. The Hall–Kier alpha value is -2.76. The largest absolute Gasteiger partial charge is 0.490 e. The van der Waals surface area contributed by atoms with E-state index in [0.29, 0.717) is 37.5 Å². The summed E-state index contributed by atoms with van der Waals surface area (Å²) in [6.45, 7) is 1.69. The number of rotatable bonds is 4. The number of benzene rings is 2. The van der Waals surface area contributed by atoms with Crippen LogP contribution < -0.4 is 20.5 Å². The van der Waals surface area contributed by atoms with E-state index < -0.39 is 0 Å². The van der Waals surface area contributed by atoms with E-state index in [4.69, 9.17) is 15.2 Å². The molecule has 1 heterocycles. The van der Waals surface area contributed by atoms with Crippen molar-refractivity contribution in [2.45, 2.75) is 12.8 Å². The lowest BCUT2D eigenvalue weighted by molar-refractivity contribution is 0.297. The molecule has 6 heteroatoms. The molecule has 0 fully saturated rings. The van der Waals surface area contributed by atoms with Crippen LogP contribution >= 0.6 is 0 Å². The third-order valence-electron chi connectivity index (χ3n) is 3.64. The summed E-state index contributed by atoms with van der Waals surface area (Å²) in [5.74, 6) is 1.48. The lowest BCUT2D eigenvalue weighted by Gasteiger charge is -2.10. The Morgan fingerprint density at radius 3 is 2.75 bits per heavy atom. The van der Waals surface area contributed by atoms with E-state index in [1.807, 2.05) is 24.3 Å². The first-order valence-corrected chi connectivity index (χ1v) is 7.92. The van der Waals surface area contributed by atoms with E-state index in [-0.39, 0.29) is 11.8 Å².